The number of hydrogen-bond acceptors (Lipinski definition) is 1. The summed E-state index contributed by atoms with van der Waals surface area (Å²) in [6, 6.07) is 4.03. The van der Waals surface area contributed by atoms with Crippen LogP contribution < -0.4 is 0 Å². The molecule has 1 aliphatic carbocycles. The summed E-state index contributed by atoms with van der Waals surface area (Å²) in [4.78, 5) is 0. The van der Waals surface area contributed by atoms with Crippen molar-refractivity contribution < 1.29 is 0 Å². The van der Waals surface area contributed by atoms with Gasteiger partial charge in [-0.05, 0) is 37.8 Å². The Morgan fingerprint density at radius 3 is 2.15 bits per heavy atom. The van der Waals surface area contributed by atoms with Gasteiger partial charge < -0.3 is 0 Å². The van der Waals surface area contributed by atoms with E-state index in [0.717, 1.165) is 0 Å². The lowest BCUT2D eigenvalue weighted by atomic mass is 10.2. The lowest BCUT2D eigenvalue weighted by Gasteiger charge is -2.01. The molecule has 2 rings (SSSR count). The zero-order valence-electron chi connectivity index (χ0n) is 7.95. The SMILES string of the molecule is c1ccn(N=C2CCCCCC2)c1. The van der Waals surface area contributed by atoms with Crippen molar-refractivity contribution in [3.8, 4) is 0 Å². The van der Waals surface area contributed by atoms with Crippen molar-refractivity contribution >= 4 is 5.71 Å². The first-order chi connectivity index (χ1) is 6.45. The molecule has 70 valence electrons. The third-order valence-electron chi connectivity index (χ3n) is 2.53. The van der Waals surface area contributed by atoms with Gasteiger partial charge in [-0.2, -0.15) is 5.10 Å². The molecule has 1 fully saturated rings. The van der Waals surface area contributed by atoms with Crippen molar-refractivity contribution in [1.82, 2.24) is 4.68 Å². The van der Waals surface area contributed by atoms with E-state index >= 15 is 0 Å². The highest BCUT2D eigenvalue weighted by Gasteiger charge is 2.05. The second kappa shape index (κ2) is 4.26. The van der Waals surface area contributed by atoms with E-state index in [1.807, 2.05) is 29.2 Å². The quantitative estimate of drug-likeness (QED) is 0.585. The highest BCUT2D eigenvalue weighted by atomic mass is 15.3. The molecule has 0 unspecified atom stereocenters. The Balaban J connectivity index is 2.05. The van der Waals surface area contributed by atoms with Crippen LogP contribution in [-0.2, 0) is 0 Å². The van der Waals surface area contributed by atoms with Gasteiger partial charge in [-0.3, -0.25) is 0 Å². The molecule has 0 atom stereocenters. The molecule has 0 saturated heterocycles. The molecule has 1 aromatic rings. The fourth-order valence-corrected chi connectivity index (χ4v) is 1.79. The van der Waals surface area contributed by atoms with Gasteiger partial charge in [0, 0.05) is 18.1 Å². The predicted octanol–water partition coefficient (Wildman–Crippen LogP) is 3.05. The maximum absolute atomic E-state index is 4.57. The normalized spacial score (nSPS) is 18.3. The van der Waals surface area contributed by atoms with E-state index in [1.54, 1.807) is 0 Å². The maximum atomic E-state index is 4.57. The van der Waals surface area contributed by atoms with Gasteiger partial charge in [0.2, 0.25) is 0 Å². The first-order valence-electron chi connectivity index (χ1n) is 5.15. The number of nitrogens with zero attached hydrogens (tertiary/aromatic N) is 2. The molecule has 0 aromatic carbocycles. The first-order valence-corrected chi connectivity index (χ1v) is 5.15. The summed E-state index contributed by atoms with van der Waals surface area (Å²) < 4.78 is 1.92. The zero-order valence-corrected chi connectivity index (χ0v) is 7.95. The fourth-order valence-electron chi connectivity index (χ4n) is 1.79. The topological polar surface area (TPSA) is 17.3 Å². The van der Waals surface area contributed by atoms with Crippen LogP contribution in [0.3, 0.4) is 0 Å². The molecule has 2 nitrogen and oxygen atoms in total. The van der Waals surface area contributed by atoms with Crippen LogP contribution >= 0.6 is 0 Å². The Morgan fingerprint density at radius 2 is 1.54 bits per heavy atom. The molecule has 1 heterocycles. The second-order valence-electron chi connectivity index (χ2n) is 3.64. The van der Waals surface area contributed by atoms with Crippen LogP contribution in [0.4, 0.5) is 0 Å². The van der Waals surface area contributed by atoms with Gasteiger partial charge in [0.25, 0.3) is 0 Å². The van der Waals surface area contributed by atoms with E-state index in [1.165, 1.54) is 44.2 Å². The summed E-state index contributed by atoms with van der Waals surface area (Å²) in [5.74, 6) is 0. The molecule has 0 amide bonds. The van der Waals surface area contributed by atoms with Gasteiger partial charge in [0.15, 0.2) is 0 Å². The van der Waals surface area contributed by atoms with Gasteiger partial charge in [-0.1, -0.05) is 12.8 Å². The molecule has 0 aliphatic heterocycles. The average Bonchev–Trinajstić information content (AvgIpc) is 2.49. The minimum absolute atomic E-state index is 1.19. The first kappa shape index (κ1) is 8.54. The highest BCUT2D eigenvalue weighted by Crippen LogP contribution is 2.15. The van der Waals surface area contributed by atoms with Crippen LogP contribution in [-0.4, -0.2) is 10.4 Å². The Bertz CT molecular complexity index is 262. The molecule has 0 N–H and O–H groups in total. The number of hydrogen-bond donors (Lipinski definition) is 0. The Morgan fingerprint density at radius 1 is 0.923 bits per heavy atom. The minimum atomic E-state index is 1.19. The van der Waals surface area contributed by atoms with E-state index < -0.39 is 0 Å². The third kappa shape index (κ3) is 2.44. The number of aromatic nitrogens is 1. The smallest absolute Gasteiger partial charge is 0.0388 e. The average molecular weight is 176 g/mol. The van der Waals surface area contributed by atoms with Crippen molar-refractivity contribution in [2.45, 2.75) is 38.5 Å². The van der Waals surface area contributed by atoms with Crippen LogP contribution in [0, 0.1) is 0 Å². The van der Waals surface area contributed by atoms with E-state index in [-0.39, 0.29) is 0 Å². The van der Waals surface area contributed by atoms with Crippen molar-refractivity contribution in [2.75, 3.05) is 0 Å². The molecule has 0 bridgehead atoms. The Hall–Kier alpha value is -1.05. The second-order valence-corrected chi connectivity index (χ2v) is 3.64. The minimum Gasteiger partial charge on any atom is -0.248 e. The summed E-state index contributed by atoms with van der Waals surface area (Å²) in [6.45, 7) is 0. The maximum Gasteiger partial charge on any atom is 0.0388 e. The van der Waals surface area contributed by atoms with E-state index in [4.69, 9.17) is 0 Å². The van der Waals surface area contributed by atoms with Gasteiger partial charge in [0.1, 0.15) is 0 Å². The Kier molecular flexibility index (Phi) is 2.80. The van der Waals surface area contributed by atoms with Crippen molar-refractivity contribution in [1.29, 1.82) is 0 Å². The summed E-state index contributed by atoms with van der Waals surface area (Å²) >= 11 is 0. The van der Waals surface area contributed by atoms with E-state index in [2.05, 4.69) is 5.10 Å². The third-order valence-corrected chi connectivity index (χ3v) is 2.53. The van der Waals surface area contributed by atoms with Crippen LogP contribution in [0.1, 0.15) is 38.5 Å². The standard InChI is InChI=1S/C11H16N2/c1-2-4-8-11(7-3-1)12-13-9-5-6-10-13/h5-6,9-10H,1-4,7-8H2. The van der Waals surface area contributed by atoms with Crippen molar-refractivity contribution in [3.05, 3.63) is 24.5 Å². The summed E-state index contributed by atoms with van der Waals surface area (Å²) in [5, 5.41) is 4.57. The van der Waals surface area contributed by atoms with Crippen LogP contribution in [0.2, 0.25) is 0 Å². The lowest BCUT2D eigenvalue weighted by Crippen LogP contribution is -1.98. The monoisotopic (exact) mass is 176 g/mol. The molecule has 1 saturated carbocycles. The molecule has 1 aromatic heterocycles. The van der Waals surface area contributed by atoms with Gasteiger partial charge >= 0.3 is 0 Å². The van der Waals surface area contributed by atoms with Crippen molar-refractivity contribution in [2.24, 2.45) is 5.10 Å². The van der Waals surface area contributed by atoms with Gasteiger partial charge in [-0.15, -0.1) is 0 Å². The fraction of sp³-hybridized carbons (Fsp3) is 0.545. The van der Waals surface area contributed by atoms with Gasteiger partial charge in [-0.25, -0.2) is 4.68 Å². The van der Waals surface area contributed by atoms with Crippen LogP contribution in [0.5, 0.6) is 0 Å². The molecular weight excluding hydrogens is 160 g/mol. The predicted molar refractivity (Wildman–Crippen MR) is 55.0 cm³/mol. The molecule has 1 aliphatic rings. The molecule has 2 heteroatoms. The van der Waals surface area contributed by atoms with Gasteiger partial charge in [0.05, 0.1) is 0 Å². The molecular formula is C11H16N2. The summed E-state index contributed by atoms with van der Waals surface area (Å²) in [5.41, 5.74) is 1.37. The largest absolute Gasteiger partial charge is 0.248 e. The summed E-state index contributed by atoms with van der Waals surface area (Å²) in [7, 11) is 0. The Labute approximate surface area is 79.3 Å². The summed E-state index contributed by atoms with van der Waals surface area (Å²) in [6.07, 6.45) is 11.8. The molecule has 13 heavy (non-hydrogen) atoms. The molecule has 0 radical (unpaired) electrons. The zero-order chi connectivity index (χ0) is 8.93. The van der Waals surface area contributed by atoms with E-state index in [9.17, 15) is 0 Å². The van der Waals surface area contributed by atoms with E-state index in [0.29, 0.717) is 0 Å². The van der Waals surface area contributed by atoms with Crippen LogP contribution in [0.25, 0.3) is 0 Å². The number of rotatable bonds is 1. The highest BCUT2D eigenvalue weighted by molar-refractivity contribution is 5.84. The van der Waals surface area contributed by atoms with Crippen molar-refractivity contribution in [3.63, 3.8) is 0 Å². The van der Waals surface area contributed by atoms with Crippen LogP contribution in [0.15, 0.2) is 29.6 Å². The lowest BCUT2D eigenvalue weighted by molar-refractivity contribution is 0.702. The molecule has 0 spiro atoms.